The number of hydrogen-bond acceptors (Lipinski definition) is 5. The van der Waals surface area contributed by atoms with Crippen LogP contribution < -0.4 is 16.4 Å². The van der Waals surface area contributed by atoms with Gasteiger partial charge in [-0.1, -0.05) is 18.2 Å². The van der Waals surface area contributed by atoms with Gasteiger partial charge in [-0.05, 0) is 26.7 Å². The van der Waals surface area contributed by atoms with Crippen LogP contribution in [-0.2, 0) is 17.4 Å². The molecular weight excluding hydrogens is 475 g/mol. The lowest BCUT2D eigenvalue weighted by Gasteiger charge is -2.49. The van der Waals surface area contributed by atoms with Gasteiger partial charge in [0.05, 0.1) is 22.5 Å². The zero-order chi connectivity index (χ0) is 25.9. The number of nitrogens with one attached hydrogen (secondary N) is 1. The van der Waals surface area contributed by atoms with Crippen LogP contribution in [0, 0.1) is 11.7 Å². The summed E-state index contributed by atoms with van der Waals surface area (Å²) in [6.45, 7) is 4.21. The van der Waals surface area contributed by atoms with Gasteiger partial charge in [0.1, 0.15) is 5.82 Å². The largest absolute Gasteiger partial charge is 0.361 e. The zero-order valence-electron chi connectivity index (χ0n) is 20.1. The Labute approximate surface area is 204 Å². The van der Waals surface area contributed by atoms with Crippen molar-refractivity contribution in [2.24, 2.45) is 13.0 Å². The number of alkyl halides is 2. The van der Waals surface area contributed by atoms with Crippen molar-refractivity contribution in [3.63, 3.8) is 0 Å². The lowest BCUT2D eigenvalue weighted by atomic mass is 9.90. The molecule has 2 fully saturated rings. The third-order valence-corrected chi connectivity index (χ3v) is 7.08. The van der Waals surface area contributed by atoms with Gasteiger partial charge in [0, 0.05) is 49.3 Å². The van der Waals surface area contributed by atoms with Crippen LogP contribution in [-0.4, -0.2) is 38.2 Å². The maximum Gasteiger partial charge on any atom is 0.274 e. The molecule has 0 spiro atoms. The number of carbonyl (C=O) groups excluding carboxylic acids is 1. The molecule has 2 aliphatic rings. The highest BCUT2D eigenvalue weighted by atomic mass is 19.3. The number of halogens is 3. The Bertz CT molecular complexity index is 1490. The highest BCUT2D eigenvalue weighted by Gasteiger charge is 2.47. The third-order valence-electron chi connectivity index (χ3n) is 7.08. The van der Waals surface area contributed by atoms with Crippen LogP contribution in [0.5, 0.6) is 0 Å². The summed E-state index contributed by atoms with van der Waals surface area (Å²) >= 11 is 0. The van der Waals surface area contributed by atoms with Gasteiger partial charge in [0.25, 0.3) is 17.5 Å². The fourth-order valence-corrected chi connectivity index (χ4v) is 4.88. The molecular formula is C25H26F3N5O3. The Hall–Kier alpha value is -3.63. The number of fused-ring (bicyclic) bond motifs is 1. The van der Waals surface area contributed by atoms with E-state index in [2.05, 4.69) is 10.4 Å². The van der Waals surface area contributed by atoms with E-state index in [9.17, 15) is 27.6 Å². The number of benzene rings is 1. The molecule has 0 radical (unpaired) electrons. The minimum atomic E-state index is -2.96. The van der Waals surface area contributed by atoms with Gasteiger partial charge in [-0.25, -0.2) is 17.9 Å². The van der Waals surface area contributed by atoms with Crippen molar-refractivity contribution in [2.75, 3.05) is 18.4 Å². The Morgan fingerprint density at radius 1 is 1.17 bits per heavy atom. The van der Waals surface area contributed by atoms with Crippen molar-refractivity contribution in [3.05, 3.63) is 68.1 Å². The first kappa shape index (κ1) is 24.1. The number of aryl methyl sites for hydroxylation is 1. The van der Waals surface area contributed by atoms with Crippen molar-refractivity contribution >= 4 is 22.5 Å². The van der Waals surface area contributed by atoms with E-state index in [1.807, 2.05) is 6.92 Å². The van der Waals surface area contributed by atoms with Crippen molar-refractivity contribution in [1.82, 2.24) is 19.2 Å². The molecule has 1 aliphatic heterocycles. The van der Waals surface area contributed by atoms with Gasteiger partial charge in [0.2, 0.25) is 5.91 Å². The molecule has 0 bridgehead atoms. The SMILES string of the molecule is C[C@@H](Nc1nn(C)c(=O)c2cc(=O)n(C3(C)CN(C(=O)C4CC4)C3)cc12)c1cccc(C(F)F)c1F. The van der Waals surface area contributed by atoms with Crippen LogP contribution in [0.3, 0.4) is 0 Å². The lowest BCUT2D eigenvalue weighted by molar-refractivity contribution is -0.142. The molecule has 1 saturated carbocycles. The van der Waals surface area contributed by atoms with Crippen LogP contribution >= 0.6 is 0 Å². The summed E-state index contributed by atoms with van der Waals surface area (Å²) in [6, 6.07) is 4.26. The second-order valence-electron chi connectivity index (χ2n) is 9.97. The summed E-state index contributed by atoms with van der Waals surface area (Å²) in [6.07, 6.45) is 0.361. The number of pyridine rings is 1. The van der Waals surface area contributed by atoms with Gasteiger partial charge >= 0.3 is 0 Å². The van der Waals surface area contributed by atoms with Gasteiger partial charge < -0.3 is 14.8 Å². The number of nitrogens with zero attached hydrogens (tertiary/aromatic N) is 4. The summed E-state index contributed by atoms with van der Waals surface area (Å²) in [4.78, 5) is 39.9. The number of hydrogen-bond donors (Lipinski definition) is 1. The zero-order valence-corrected chi connectivity index (χ0v) is 20.1. The second-order valence-corrected chi connectivity index (χ2v) is 9.97. The maximum absolute atomic E-state index is 14.8. The minimum absolute atomic E-state index is 0.0186. The number of likely N-dealkylation sites (tertiary alicyclic amines) is 1. The molecule has 8 nitrogen and oxygen atoms in total. The fraction of sp³-hybridized carbons (Fsp3) is 0.440. The number of carbonyl (C=O) groups is 1. The number of rotatable bonds is 6. The van der Waals surface area contributed by atoms with Crippen molar-refractivity contribution in [2.45, 2.75) is 44.7 Å². The first-order chi connectivity index (χ1) is 17.0. The van der Waals surface area contributed by atoms with Gasteiger partial charge in [-0.3, -0.25) is 14.4 Å². The van der Waals surface area contributed by atoms with Crippen LogP contribution in [0.2, 0.25) is 0 Å². The summed E-state index contributed by atoms with van der Waals surface area (Å²) in [5, 5.41) is 7.75. The summed E-state index contributed by atoms with van der Waals surface area (Å²) < 4.78 is 43.7. The van der Waals surface area contributed by atoms with Crippen LogP contribution in [0.25, 0.3) is 10.8 Å². The molecule has 0 unspecified atom stereocenters. The monoisotopic (exact) mass is 501 g/mol. The van der Waals surface area contributed by atoms with E-state index in [0.29, 0.717) is 18.5 Å². The van der Waals surface area contributed by atoms with Crippen LogP contribution in [0.4, 0.5) is 19.0 Å². The second kappa shape index (κ2) is 8.49. The van der Waals surface area contributed by atoms with Gasteiger partial charge in [0.15, 0.2) is 5.82 Å². The van der Waals surface area contributed by atoms with E-state index >= 15 is 0 Å². The van der Waals surface area contributed by atoms with Crippen molar-refractivity contribution in [3.8, 4) is 0 Å². The standard InChI is InChI=1S/C25H26F3N5O3/c1-13(15-5-4-6-16(20(15)26)21(27)28)29-22-18-10-33(19(34)9-17(18)24(36)31(3)30-22)25(2)11-32(12-25)23(35)14-7-8-14/h4-6,9-10,13-14,21H,7-8,11-12H2,1-3H3,(H,29,30)/t13-/m1/s1. The fourth-order valence-electron chi connectivity index (χ4n) is 4.88. The van der Waals surface area contributed by atoms with E-state index in [1.54, 1.807) is 11.8 Å². The van der Waals surface area contributed by atoms with Crippen molar-refractivity contribution in [1.29, 1.82) is 0 Å². The Balaban J connectivity index is 1.53. The van der Waals surface area contributed by atoms with Crippen LogP contribution in [0.15, 0.2) is 40.1 Å². The first-order valence-electron chi connectivity index (χ1n) is 11.8. The smallest absolute Gasteiger partial charge is 0.274 e. The lowest BCUT2D eigenvalue weighted by Crippen LogP contribution is -2.64. The molecule has 1 aromatic carbocycles. The van der Waals surface area contributed by atoms with E-state index in [1.165, 1.54) is 36.0 Å². The molecule has 5 rings (SSSR count). The highest BCUT2D eigenvalue weighted by molar-refractivity contribution is 5.90. The van der Waals surface area contributed by atoms with Crippen molar-refractivity contribution < 1.29 is 18.0 Å². The molecule has 3 heterocycles. The molecule has 1 aliphatic carbocycles. The molecule has 11 heteroatoms. The number of anilines is 1. The molecule has 2 aromatic heterocycles. The molecule has 36 heavy (non-hydrogen) atoms. The van der Waals surface area contributed by atoms with E-state index in [4.69, 9.17) is 0 Å². The topological polar surface area (TPSA) is 89.2 Å². The highest BCUT2D eigenvalue weighted by Crippen LogP contribution is 2.37. The molecule has 1 saturated heterocycles. The van der Waals surface area contributed by atoms with Gasteiger partial charge in [-0.2, -0.15) is 5.10 Å². The quantitative estimate of drug-likeness (QED) is 0.560. The number of aromatic nitrogens is 3. The Morgan fingerprint density at radius 3 is 2.47 bits per heavy atom. The van der Waals surface area contributed by atoms with E-state index in [0.717, 1.165) is 23.6 Å². The molecule has 1 amide bonds. The average molecular weight is 502 g/mol. The van der Waals surface area contributed by atoms with E-state index in [-0.39, 0.29) is 34.2 Å². The normalized spacial score (nSPS) is 17.8. The Morgan fingerprint density at radius 2 is 1.83 bits per heavy atom. The molecule has 1 N–H and O–H groups in total. The predicted octanol–water partition coefficient (Wildman–Crippen LogP) is 3.31. The summed E-state index contributed by atoms with van der Waals surface area (Å²) in [5.74, 6) is -0.637. The minimum Gasteiger partial charge on any atom is -0.361 e. The maximum atomic E-state index is 14.8. The average Bonchev–Trinajstić information content (AvgIpc) is 3.65. The van der Waals surface area contributed by atoms with Gasteiger partial charge in [-0.15, -0.1) is 0 Å². The van der Waals surface area contributed by atoms with Crippen LogP contribution in [0.1, 0.15) is 50.3 Å². The molecule has 1 atom stereocenters. The number of amides is 1. The van der Waals surface area contributed by atoms with E-state index < -0.39 is 34.9 Å². The Kier molecular flexibility index (Phi) is 5.68. The summed E-state index contributed by atoms with van der Waals surface area (Å²) in [5.41, 5.74) is -2.21. The molecule has 190 valence electrons. The predicted molar refractivity (Wildman–Crippen MR) is 128 cm³/mol. The summed E-state index contributed by atoms with van der Waals surface area (Å²) in [7, 11) is 1.43. The third kappa shape index (κ3) is 3.96. The first-order valence-corrected chi connectivity index (χ1v) is 11.8. The molecule has 3 aromatic rings.